The molecule has 1 aliphatic heterocycles. The topological polar surface area (TPSA) is 56.3 Å². The maximum absolute atomic E-state index is 12.1. The molecular weight excluding hydrogens is 216 g/mol. The first-order valence-corrected chi connectivity index (χ1v) is 6.07. The van der Waals surface area contributed by atoms with Gasteiger partial charge in [0.05, 0.1) is 12.5 Å². The molecule has 0 aromatic carbocycles. The summed E-state index contributed by atoms with van der Waals surface area (Å²) in [5, 5.41) is 9.85. The summed E-state index contributed by atoms with van der Waals surface area (Å²) in [6.07, 6.45) is 2.60. The number of hydrogen-bond acceptors (Lipinski definition) is 2. The van der Waals surface area contributed by atoms with Gasteiger partial charge < -0.3 is 15.0 Å². The standard InChI is InChI=1S/C13H20N2O2/c1-13(2)9-15(7-5-11(13)16)12(17)8-10-4-3-6-14-10/h3-4,6,11,14,16H,5,7-9H2,1-2H3. The van der Waals surface area contributed by atoms with Gasteiger partial charge in [0.2, 0.25) is 5.91 Å². The predicted molar refractivity (Wildman–Crippen MR) is 65.5 cm³/mol. The number of aromatic nitrogens is 1. The van der Waals surface area contributed by atoms with Crippen molar-refractivity contribution in [2.45, 2.75) is 32.8 Å². The summed E-state index contributed by atoms with van der Waals surface area (Å²) in [6, 6.07) is 3.81. The van der Waals surface area contributed by atoms with E-state index in [4.69, 9.17) is 0 Å². The predicted octanol–water partition coefficient (Wildman–Crippen LogP) is 1.18. The Morgan fingerprint density at radius 3 is 3.00 bits per heavy atom. The molecule has 2 rings (SSSR count). The lowest BCUT2D eigenvalue weighted by molar-refractivity contribution is -0.137. The molecule has 1 fully saturated rings. The van der Waals surface area contributed by atoms with Crippen molar-refractivity contribution >= 4 is 5.91 Å². The first-order valence-electron chi connectivity index (χ1n) is 6.07. The second kappa shape index (κ2) is 4.53. The summed E-state index contributed by atoms with van der Waals surface area (Å²) >= 11 is 0. The van der Waals surface area contributed by atoms with E-state index in [0.717, 1.165) is 5.69 Å². The molecule has 0 spiro atoms. The second-order valence-electron chi connectivity index (χ2n) is 5.48. The number of carbonyl (C=O) groups is 1. The summed E-state index contributed by atoms with van der Waals surface area (Å²) in [5.74, 6) is 0.132. The summed E-state index contributed by atoms with van der Waals surface area (Å²) in [5.41, 5.74) is 0.739. The highest BCUT2D eigenvalue weighted by Crippen LogP contribution is 2.29. The Morgan fingerprint density at radius 1 is 1.65 bits per heavy atom. The van der Waals surface area contributed by atoms with Gasteiger partial charge >= 0.3 is 0 Å². The lowest BCUT2D eigenvalue weighted by atomic mass is 9.81. The Hall–Kier alpha value is -1.29. The Bertz CT molecular complexity index is 384. The van der Waals surface area contributed by atoms with Gasteiger partial charge in [0, 0.05) is 30.4 Å². The van der Waals surface area contributed by atoms with E-state index in [0.29, 0.717) is 25.9 Å². The quantitative estimate of drug-likeness (QED) is 0.810. The number of likely N-dealkylation sites (tertiary alicyclic amines) is 1. The average Bonchev–Trinajstić information content (AvgIpc) is 2.74. The summed E-state index contributed by atoms with van der Waals surface area (Å²) in [7, 11) is 0. The zero-order chi connectivity index (χ0) is 12.5. The minimum absolute atomic E-state index is 0.132. The molecule has 0 aliphatic carbocycles. The van der Waals surface area contributed by atoms with E-state index in [1.807, 2.05) is 37.1 Å². The van der Waals surface area contributed by atoms with Crippen LogP contribution in [0, 0.1) is 5.41 Å². The molecule has 17 heavy (non-hydrogen) atoms. The van der Waals surface area contributed by atoms with Crippen LogP contribution in [0.5, 0.6) is 0 Å². The van der Waals surface area contributed by atoms with Crippen molar-refractivity contribution in [3.05, 3.63) is 24.0 Å². The van der Waals surface area contributed by atoms with Crippen LogP contribution in [0.2, 0.25) is 0 Å². The van der Waals surface area contributed by atoms with Crippen LogP contribution in [0.25, 0.3) is 0 Å². The molecule has 1 saturated heterocycles. The number of nitrogens with one attached hydrogen (secondary N) is 1. The number of carbonyl (C=O) groups excluding carboxylic acids is 1. The van der Waals surface area contributed by atoms with Gasteiger partial charge in [-0.1, -0.05) is 13.8 Å². The summed E-state index contributed by atoms with van der Waals surface area (Å²) in [6.45, 7) is 5.30. The summed E-state index contributed by atoms with van der Waals surface area (Å²) < 4.78 is 0. The first kappa shape index (κ1) is 12.2. The van der Waals surface area contributed by atoms with E-state index in [1.165, 1.54) is 0 Å². The van der Waals surface area contributed by atoms with Gasteiger partial charge in [0.1, 0.15) is 0 Å². The Kier molecular flexibility index (Phi) is 3.24. The largest absolute Gasteiger partial charge is 0.392 e. The van der Waals surface area contributed by atoms with Crippen molar-refractivity contribution in [3.63, 3.8) is 0 Å². The molecule has 1 aliphatic rings. The monoisotopic (exact) mass is 236 g/mol. The molecule has 4 heteroatoms. The zero-order valence-corrected chi connectivity index (χ0v) is 10.4. The third kappa shape index (κ3) is 2.69. The number of aromatic amines is 1. The Morgan fingerprint density at radius 2 is 2.41 bits per heavy atom. The number of piperidine rings is 1. The van der Waals surface area contributed by atoms with Crippen molar-refractivity contribution in [3.8, 4) is 0 Å². The van der Waals surface area contributed by atoms with E-state index in [-0.39, 0.29) is 17.4 Å². The number of aliphatic hydroxyl groups is 1. The second-order valence-corrected chi connectivity index (χ2v) is 5.48. The number of aliphatic hydroxyl groups excluding tert-OH is 1. The molecule has 2 heterocycles. The van der Waals surface area contributed by atoms with Gasteiger partial charge in [-0.3, -0.25) is 4.79 Å². The molecule has 1 aromatic heterocycles. The van der Waals surface area contributed by atoms with Crippen LogP contribution in [0.3, 0.4) is 0 Å². The van der Waals surface area contributed by atoms with E-state index < -0.39 is 0 Å². The highest BCUT2D eigenvalue weighted by molar-refractivity contribution is 5.78. The van der Waals surface area contributed by atoms with Gasteiger partial charge in [0.15, 0.2) is 0 Å². The maximum Gasteiger partial charge on any atom is 0.228 e. The normalized spacial score (nSPS) is 23.7. The van der Waals surface area contributed by atoms with Crippen LogP contribution >= 0.6 is 0 Å². The number of nitrogens with zero attached hydrogens (tertiary/aromatic N) is 1. The molecule has 1 aromatic rings. The molecule has 4 nitrogen and oxygen atoms in total. The van der Waals surface area contributed by atoms with Gasteiger partial charge in [-0.2, -0.15) is 0 Å². The number of rotatable bonds is 2. The highest BCUT2D eigenvalue weighted by atomic mass is 16.3. The summed E-state index contributed by atoms with van der Waals surface area (Å²) in [4.78, 5) is 17.0. The van der Waals surface area contributed by atoms with Gasteiger partial charge in [-0.05, 0) is 18.6 Å². The van der Waals surface area contributed by atoms with Crippen LogP contribution in [0.15, 0.2) is 18.3 Å². The highest BCUT2D eigenvalue weighted by Gasteiger charge is 2.36. The average molecular weight is 236 g/mol. The lowest BCUT2D eigenvalue weighted by Crippen LogP contribution is -2.51. The zero-order valence-electron chi connectivity index (χ0n) is 10.4. The van der Waals surface area contributed by atoms with Crippen LogP contribution in [-0.2, 0) is 11.2 Å². The lowest BCUT2D eigenvalue weighted by Gasteiger charge is -2.41. The fraction of sp³-hybridized carbons (Fsp3) is 0.615. The van der Waals surface area contributed by atoms with Crippen molar-refractivity contribution < 1.29 is 9.90 Å². The molecule has 1 atom stereocenters. The van der Waals surface area contributed by atoms with Gasteiger partial charge in [0.25, 0.3) is 0 Å². The van der Waals surface area contributed by atoms with Crippen LogP contribution in [-0.4, -0.2) is 40.1 Å². The number of hydrogen-bond donors (Lipinski definition) is 2. The first-order chi connectivity index (χ1) is 7.99. The third-order valence-electron chi connectivity index (χ3n) is 3.53. The van der Waals surface area contributed by atoms with Crippen molar-refractivity contribution in [1.29, 1.82) is 0 Å². The molecule has 2 N–H and O–H groups in total. The van der Waals surface area contributed by atoms with E-state index in [1.54, 1.807) is 0 Å². The van der Waals surface area contributed by atoms with Crippen molar-refractivity contribution in [2.75, 3.05) is 13.1 Å². The van der Waals surface area contributed by atoms with E-state index in [2.05, 4.69) is 4.98 Å². The van der Waals surface area contributed by atoms with E-state index >= 15 is 0 Å². The van der Waals surface area contributed by atoms with E-state index in [9.17, 15) is 9.90 Å². The Balaban J connectivity index is 1.97. The van der Waals surface area contributed by atoms with Crippen molar-refractivity contribution in [2.24, 2.45) is 5.41 Å². The fourth-order valence-electron chi connectivity index (χ4n) is 2.31. The molecule has 1 unspecified atom stereocenters. The molecule has 0 saturated carbocycles. The van der Waals surface area contributed by atoms with Crippen LogP contribution in [0.4, 0.5) is 0 Å². The van der Waals surface area contributed by atoms with Crippen LogP contribution in [0.1, 0.15) is 26.0 Å². The number of H-pyrrole nitrogens is 1. The molecule has 0 radical (unpaired) electrons. The van der Waals surface area contributed by atoms with Crippen molar-refractivity contribution in [1.82, 2.24) is 9.88 Å². The molecule has 1 amide bonds. The minimum atomic E-state index is -0.308. The van der Waals surface area contributed by atoms with Gasteiger partial charge in [-0.15, -0.1) is 0 Å². The fourth-order valence-corrected chi connectivity index (χ4v) is 2.31. The molecule has 0 bridgehead atoms. The SMILES string of the molecule is CC1(C)CN(C(=O)Cc2ccc[nH]2)CCC1O. The number of amides is 1. The molecular formula is C13H20N2O2. The third-order valence-corrected chi connectivity index (χ3v) is 3.53. The smallest absolute Gasteiger partial charge is 0.228 e. The molecule has 94 valence electrons. The van der Waals surface area contributed by atoms with Crippen LogP contribution < -0.4 is 0 Å². The van der Waals surface area contributed by atoms with Gasteiger partial charge in [-0.25, -0.2) is 0 Å². The minimum Gasteiger partial charge on any atom is -0.392 e. The maximum atomic E-state index is 12.1. The Labute approximate surface area is 102 Å².